The monoisotopic (exact) mass is 279 g/mol. The van der Waals surface area contributed by atoms with Gasteiger partial charge in [-0.15, -0.1) is 0 Å². The molecule has 0 spiro atoms. The first kappa shape index (κ1) is 13.6. The highest BCUT2D eigenvalue weighted by Gasteiger charge is 2.22. The molecular formula is C13H17N3O2S. The van der Waals surface area contributed by atoms with Crippen LogP contribution in [0.2, 0.25) is 0 Å². The van der Waals surface area contributed by atoms with Crippen LogP contribution in [-0.2, 0) is 4.79 Å². The summed E-state index contributed by atoms with van der Waals surface area (Å²) in [5, 5.41) is 9.18. The third-order valence-corrected chi connectivity index (χ3v) is 2.95. The molecule has 1 aliphatic carbocycles. The Morgan fingerprint density at radius 1 is 1.37 bits per heavy atom. The van der Waals surface area contributed by atoms with Crippen LogP contribution in [-0.4, -0.2) is 30.7 Å². The summed E-state index contributed by atoms with van der Waals surface area (Å²) in [5.74, 6) is 0.759. The number of methoxy groups -OCH3 is 1. The van der Waals surface area contributed by atoms with Crippen LogP contribution in [0.5, 0.6) is 5.75 Å². The molecule has 0 radical (unpaired) electrons. The zero-order valence-corrected chi connectivity index (χ0v) is 11.5. The molecule has 0 atom stereocenters. The highest BCUT2D eigenvalue weighted by Crippen LogP contribution is 2.18. The first-order valence-electron chi connectivity index (χ1n) is 6.15. The molecule has 1 fully saturated rings. The lowest BCUT2D eigenvalue weighted by atomic mass is 10.3. The van der Waals surface area contributed by atoms with E-state index in [-0.39, 0.29) is 12.5 Å². The van der Waals surface area contributed by atoms with E-state index < -0.39 is 0 Å². The maximum atomic E-state index is 11.5. The molecule has 6 heteroatoms. The number of carbonyl (C=O) groups excluding carboxylic acids is 1. The van der Waals surface area contributed by atoms with E-state index in [1.54, 1.807) is 7.11 Å². The predicted molar refractivity (Wildman–Crippen MR) is 78.4 cm³/mol. The highest BCUT2D eigenvalue weighted by molar-refractivity contribution is 7.80. The van der Waals surface area contributed by atoms with E-state index in [0.717, 1.165) is 24.3 Å². The molecule has 5 nitrogen and oxygen atoms in total. The minimum Gasteiger partial charge on any atom is -0.497 e. The van der Waals surface area contributed by atoms with E-state index in [9.17, 15) is 4.79 Å². The van der Waals surface area contributed by atoms with E-state index in [0.29, 0.717) is 11.2 Å². The lowest BCUT2D eigenvalue weighted by molar-refractivity contribution is -0.120. The Balaban J connectivity index is 1.71. The molecule has 1 saturated carbocycles. The van der Waals surface area contributed by atoms with Gasteiger partial charge in [0, 0.05) is 11.7 Å². The third kappa shape index (κ3) is 4.75. The average Bonchev–Trinajstić information content (AvgIpc) is 3.21. The van der Waals surface area contributed by atoms with Crippen molar-refractivity contribution in [1.82, 2.24) is 10.6 Å². The van der Waals surface area contributed by atoms with Gasteiger partial charge in [0.1, 0.15) is 5.75 Å². The van der Waals surface area contributed by atoms with Crippen molar-refractivity contribution in [3.63, 3.8) is 0 Å². The van der Waals surface area contributed by atoms with Crippen LogP contribution in [0.1, 0.15) is 12.8 Å². The van der Waals surface area contributed by atoms with Crippen molar-refractivity contribution in [1.29, 1.82) is 0 Å². The van der Waals surface area contributed by atoms with Crippen LogP contribution < -0.4 is 20.7 Å². The summed E-state index contributed by atoms with van der Waals surface area (Å²) < 4.78 is 5.07. The lowest BCUT2D eigenvalue weighted by Crippen LogP contribution is -2.39. The number of amides is 1. The second kappa shape index (κ2) is 6.38. The molecule has 0 bridgehead atoms. The standard InChI is InChI=1S/C13H17N3O2S/c1-18-11-6-4-10(5-7-11)16-13(19)14-8-12(17)15-9-2-3-9/h4-7,9H,2-3,8H2,1H3,(H,15,17)(H2,14,16,19). The van der Waals surface area contributed by atoms with Gasteiger partial charge in [-0.1, -0.05) is 0 Å². The molecule has 0 heterocycles. The van der Waals surface area contributed by atoms with Gasteiger partial charge in [-0.3, -0.25) is 4.79 Å². The smallest absolute Gasteiger partial charge is 0.239 e. The summed E-state index contributed by atoms with van der Waals surface area (Å²) in [7, 11) is 1.62. The Morgan fingerprint density at radius 3 is 2.63 bits per heavy atom. The zero-order valence-electron chi connectivity index (χ0n) is 10.7. The minimum absolute atomic E-state index is 0.0265. The molecule has 0 aliphatic heterocycles. The van der Waals surface area contributed by atoms with Gasteiger partial charge < -0.3 is 20.7 Å². The summed E-state index contributed by atoms with van der Waals surface area (Å²) in [6, 6.07) is 7.77. The first-order valence-corrected chi connectivity index (χ1v) is 6.56. The Labute approximate surface area is 117 Å². The molecule has 0 aromatic heterocycles. The Morgan fingerprint density at radius 2 is 2.05 bits per heavy atom. The number of anilines is 1. The average molecular weight is 279 g/mol. The second-order valence-corrected chi connectivity index (χ2v) is 4.79. The predicted octanol–water partition coefficient (Wildman–Crippen LogP) is 1.26. The van der Waals surface area contributed by atoms with Crippen LogP contribution >= 0.6 is 12.2 Å². The van der Waals surface area contributed by atoms with Gasteiger partial charge in [-0.25, -0.2) is 0 Å². The quantitative estimate of drug-likeness (QED) is 0.708. The van der Waals surface area contributed by atoms with Crippen LogP contribution in [0, 0.1) is 0 Å². The third-order valence-electron chi connectivity index (χ3n) is 2.70. The van der Waals surface area contributed by atoms with Crippen molar-refractivity contribution >= 4 is 28.9 Å². The van der Waals surface area contributed by atoms with E-state index in [1.807, 2.05) is 24.3 Å². The number of benzene rings is 1. The molecule has 19 heavy (non-hydrogen) atoms. The van der Waals surface area contributed by atoms with Crippen LogP contribution in [0.25, 0.3) is 0 Å². The number of thiocarbonyl (C=S) groups is 1. The first-order chi connectivity index (χ1) is 9.17. The Hall–Kier alpha value is -1.82. The highest BCUT2D eigenvalue weighted by atomic mass is 32.1. The van der Waals surface area contributed by atoms with Gasteiger partial charge in [-0.05, 0) is 49.3 Å². The Kier molecular flexibility index (Phi) is 4.57. The van der Waals surface area contributed by atoms with Crippen molar-refractivity contribution in [2.45, 2.75) is 18.9 Å². The fraction of sp³-hybridized carbons (Fsp3) is 0.385. The maximum absolute atomic E-state index is 11.5. The van der Waals surface area contributed by atoms with Gasteiger partial charge in [0.05, 0.1) is 13.7 Å². The largest absolute Gasteiger partial charge is 0.497 e. The van der Waals surface area contributed by atoms with Gasteiger partial charge in [0.25, 0.3) is 0 Å². The molecule has 1 aromatic rings. The van der Waals surface area contributed by atoms with Gasteiger partial charge in [-0.2, -0.15) is 0 Å². The summed E-state index contributed by atoms with van der Waals surface area (Å²) in [6.07, 6.45) is 2.17. The molecule has 102 valence electrons. The number of hydrogen-bond acceptors (Lipinski definition) is 3. The summed E-state index contributed by atoms with van der Waals surface area (Å²) in [5.41, 5.74) is 0.848. The number of hydrogen-bond donors (Lipinski definition) is 3. The summed E-state index contributed by atoms with van der Waals surface area (Å²) >= 11 is 5.11. The second-order valence-electron chi connectivity index (χ2n) is 4.38. The van der Waals surface area contributed by atoms with Crippen molar-refractivity contribution in [3.05, 3.63) is 24.3 Å². The van der Waals surface area contributed by atoms with E-state index in [1.165, 1.54) is 0 Å². The maximum Gasteiger partial charge on any atom is 0.239 e. The lowest BCUT2D eigenvalue weighted by Gasteiger charge is -2.10. The SMILES string of the molecule is COc1ccc(NC(=S)NCC(=O)NC2CC2)cc1. The fourth-order valence-electron chi connectivity index (χ4n) is 1.52. The topological polar surface area (TPSA) is 62.4 Å². The van der Waals surface area contributed by atoms with E-state index >= 15 is 0 Å². The van der Waals surface area contributed by atoms with Crippen molar-refractivity contribution in [2.24, 2.45) is 0 Å². The van der Waals surface area contributed by atoms with Crippen molar-refractivity contribution in [3.8, 4) is 5.75 Å². The molecule has 0 saturated heterocycles. The Bertz CT molecular complexity index is 457. The summed E-state index contributed by atoms with van der Waals surface area (Å²) in [6.45, 7) is 0.193. The number of nitrogens with one attached hydrogen (secondary N) is 3. The molecule has 0 unspecified atom stereocenters. The van der Waals surface area contributed by atoms with E-state index in [4.69, 9.17) is 17.0 Å². The van der Waals surface area contributed by atoms with Crippen molar-refractivity contribution in [2.75, 3.05) is 19.0 Å². The van der Waals surface area contributed by atoms with Crippen LogP contribution in [0.3, 0.4) is 0 Å². The van der Waals surface area contributed by atoms with Crippen molar-refractivity contribution < 1.29 is 9.53 Å². The fourth-order valence-corrected chi connectivity index (χ4v) is 1.71. The van der Waals surface area contributed by atoms with Gasteiger partial charge in [0.15, 0.2) is 5.11 Å². The van der Waals surface area contributed by atoms with Gasteiger partial charge in [0.2, 0.25) is 5.91 Å². The van der Waals surface area contributed by atoms with E-state index in [2.05, 4.69) is 16.0 Å². The molecule has 1 amide bonds. The summed E-state index contributed by atoms with van der Waals surface area (Å²) in [4.78, 5) is 11.5. The minimum atomic E-state index is -0.0265. The normalized spacial score (nSPS) is 13.5. The zero-order chi connectivity index (χ0) is 13.7. The van der Waals surface area contributed by atoms with Gasteiger partial charge >= 0.3 is 0 Å². The van der Waals surface area contributed by atoms with Crippen LogP contribution in [0.15, 0.2) is 24.3 Å². The molecule has 2 rings (SSSR count). The number of ether oxygens (including phenoxy) is 1. The number of rotatable bonds is 5. The molecule has 3 N–H and O–H groups in total. The molecule has 1 aromatic carbocycles. The van der Waals surface area contributed by atoms with Crippen LogP contribution in [0.4, 0.5) is 5.69 Å². The molecular weight excluding hydrogens is 262 g/mol. The number of carbonyl (C=O) groups is 1. The molecule has 1 aliphatic rings.